The molecule has 0 radical (unpaired) electrons. The monoisotopic (exact) mass is 473 g/mol. The molecule has 4 rings (SSSR count). The van der Waals surface area contributed by atoms with E-state index in [1.54, 1.807) is 27.8 Å². The molecule has 1 aliphatic heterocycles. The van der Waals surface area contributed by atoms with Gasteiger partial charge in [0.15, 0.2) is 0 Å². The molecule has 10 heteroatoms. The van der Waals surface area contributed by atoms with Gasteiger partial charge in [-0.25, -0.2) is 13.4 Å². The maximum Gasteiger partial charge on any atom is 0.252 e. The Morgan fingerprint density at radius 3 is 2.43 bits per heavy atom. The third kappa shape index (κ3) is 3.94. The highest BCUT2D eigenvalue weighted by atomic mass is 35.5. The number of rotatable bonds is 4. The Hall–Kier alpha value is -1.16. The number of sulfonamides is 1. The Balaban J connectivity index is 1.48. The van der Waals surface area contributed by atoms with Crippen LogP contribution in [0.3, 0.4) is 0 Å². The molecule has 0 atom stereocenters. The molecular weight excluding hydrogens is 457 g/mol. The second-order valence-corrected chi connectivity index (χ2v) is 11.5. The number of halogens is 2. The van der Waals surface area contributed by atoms with Gasteiger partial charge in [0, 0.05) is 37.2 Å². The molecule has 0 aliphatic carbocycles. The summed E-state index contributed by atoms with van der Waals surface area (Å²) in [7, 11) is -3.51. The maximum absolute atomic E-state index is 13.0. The van der Waals surface area contributed by atoms with Crippen LogP contribution >= 0.6 is 45.9 Å². The predicted octanol–water partition coefficient (Wildman–Crippen LogP) is 5.00. The molecule has 3 aromatic rings. The molecule has 0 unspecified atom stereocenters. The summed E-state index contributed by atoms with van der Waals surface area (Å²) < 4.78 is 28.0. The number of hydrogen-bond acceptors (Lipinski definition) is 6. The number of benzene rings is 1. The summed E-state index contributed by atoms with van der Waals surface area (Å²) in [6.45, 7) is 3.98. The van der Waals surface area contributed by atoms with Crippen molar-refractivity contribution in [2.75, 3.05) is 31.1 Å². The fraction of sp³-hybridized carbons (Fsp3) is 0.278. The highest BCUT2D eigenvalue weighted by Crippen LogP contribution is 2.34. The van der Waals surface area contributed by atoms with Crippen LogP contribution in [0.4, 0.5) is 5.69 Å². The van der Waals surface area contributed by atoms with E-state index < -0.39 is 10.0 Å². The van der Waals surface area contributed by atoms with Crippen molar-refractivity contribution in [3.63, 3.8) is 0 Å². The first-order valence-corrected chi connectivity index (χ1v) is 12.5. The van der Waals surface area contributed by atoms with Gasteiger partial charge in [-0.3, -0.25) is 0 Å². The summed E-state index contributed by atoms with van der Waals surface area (Å²) in [6.07, 6.45) is 0. The lowest BCUT2D eigenvalue weighted by Crippen LogP contribution is -2.48. The smallest absolute Gasteiger partial charge is 0.252 e. The molecule has 5 nitrogen and oxygen atoms in total. The van der Waals surface area contributed by atoms with E-state index in [4.69, 9.17) is 23.2 Å². The number of anilines is 1. The number of thiophene rings is 1. The Kier molecular flexibility index (Phi) is 5.70. The van der Waals surface area contributed by atoms with Crippen molar-refractivity contribution in [3.05, 3.63) is 50.8 Å². The molecule has 28 heavy (non-hydrogen) atoms. The molecule has 0 N–H and O–H groups in total. The first-order valence-electron chi connectivity index (χ1n) is 8.57. The zero-order chi connectivity index (χ0) is 19.9. The average Bonchev–Trinajstić information content (AvgIpc) is 3.33. The Morgan fingerprint density at radius 1 is 1.04 bits per heavy atom. The van der Waals surface area contributed by atoms with Crippen LogP contribution in [0.25, 0.3) is 10.6 Å². The lowest BCUT2D eigenvalue weighted by atomic mass is 10.2. The van der Waals surface area contributed by atoms with Gasteiger partial charge in [-0.1, -0.05) is 23.2 Å². The fourth-order valence-corrected chi connectivity index (χ4v) is 6.89. The summed E-state index contributed by atoms with van der Waals surface area (Å²) in [5.74, 6) is 0. The van der Waals surface area contributed by atoms with Crippen molar-refractivity contribution in [3.8, 4) is 10.6 Å². The van der Waals surface area contributed by atoms with Crippen molar-refractivity contribution in [1.82, 2.24) is 9.29 Å². The van der Waals surface area contributed by atoms with Gasteiger partial charge < -0.3 is 4.90 Å². The second-order valence-electron chi connectivity index (χ2n) is 6.36. The molecule has 148 valence electrons. The zero-order valence-electron chi connectivity index (χ0n) is 14.9. The highest BCUT2D eigenvalue weighted by Gasteiger charge is 2.30. The van der Waals surface area contributed by atoms with E-state index in [2.05, 4.69) is 9.88 Å². The van der Waals surface area contributed by atoms with Crippen LogP contribution in [-0.2, 0) is 10.0 Å². The van der Waals surface area contributed by atoms with Crippen molar-refractivity contribution < 1.29 is 8.42 Å². The van der Waals surface area contributed by atoms with Crippen LogP contribution in [0.2, 0.25) is 10.0 Å². The second kappa shape index (κ2) is 7.93. The van der Waals surface area contributed by atoms with Gasteiger partial charge in [-0.2, -0.15) is 4.31 Å². The Morgan fingerprint density at radius 2 is 1.79 bits per heavy atom. The summed E-state index contributed by atoms with van der Waals surface area (Å²) in [5.41, 5.74) is 1.78. The third-order valence-corrected chi connectivity index (χ3v) is 9.54. The van der Waals surface area contributed by atoms with Crippen LogP contribution in [0.5, 0.6) is 0 Å². The van der Waals surface area contributed by atoms with Crippen molar-refractivity contribution in [2.24, 2.45) is 0 Å². The van der Waals surface area contributed by atoms with E-state index in [9.17, 15) is 8.42 Å². The average molecular weight is 474 g/mol. The molecule has 2 aromatic heterocycles. The molecule has 1 saturated heterocycles. The molecule has 0 saturated carbocycles. The van der Waals surface area contributed by atoms with Crippen LogP contribution in [0.1, 0.15) is 5.01 Å². The normalized spacial score (nSPS) is 15.9. The molecule has 1 fully saturated rings. The van der Waals surface area contributed by atoms with Gasteiger partial charge in [0.25, 0.3) is 10.0 Å². The molecular formula is C18H17Cl2N3O2S3. The quantitative estimate of drug-likeness (QED) is 0.534. The van der Waals surface area contributed by atoms with Gasteiger partial charge in [0.2, 0.25) is 0 Å². The number of piperazine rings is 1. The summed E-state index contributed by atoms with van der Waals surface area (Å²) in [4.78, 5) is 7.43. The topological polar surface area (TPSA) is 53.5 Å². The minimum Gasteiger partial charge on any atom is -0.369 e. The molecule has 3 heterocycles. The van der Waals surface area contributed by atoms with E-state index in [1.165, 1.54) is 11.3 Å². The van der Waals surface area contributed by atoms with E-state index in [0.717, 1.165) is 21.3 Å². The van der Waals surface area contributed by atoms with Crippen LogP contribution < -0.4 is 4.90 Å². The number of aromatic nitrogens is 1. The Labute approximate surface area is 182 Å². The van der Waals surface area contributed by atoms with E-state index in [-0.39, 0.29) is 0 Å². The standard InChI is InChI=1S/C18H17Cl2N3O2S3/c1-12-21-16(11-26-12)17-4-5-18(27-17)28(24,25)23-8-6-22(7-9-23)13-2-3-14(19)15(20)10-13/h2-5,10-11H,6-9H2,1H3. The summed E-state index contributed by atoms with van der Waals surface area (Å²) >= 11 is 14.9. The van der Waals surface area contributed by atoms with E-state index in [1.807, 2.05) is 30.5 Å². The highest BCUT2D eigenvalue weighted by molar-refractivity contribution is 7.91. The first kappa shape index (κ1) is 20.1. The van der Waals surface area contributed by atoms with Crippen LogP contribution in [0, 0.1) is 6.92 Å². The summed E-state index contributed by atoms with van der Waals surface area (Å²) in [5, 5.41) is 3.92. The largest absolute Gasteiger partial charge is 0.369 e. The van der Waals surface area contributed by atoms with Gasteiger partial charge in [-0.15, -0.1) is 22.7 Å². The van der Waals surface area contributed by atoms with Crippen LogP contribution in [-0.4, -0.2) is 43.9 Å². The van der Waals surface area contributed by atoms with Gasteiger partial charge >= 0.3 is 0 Å². The Bertz CT molecular complexity index is 1100. The fourth-order valence-electron chi connectivity index (χ4n) is 3.07. The molecule has 1 aliphatic rings. The molecule has 0 bridgehead atoms. The first-order chi connectivity index (χ1) is 13.3. The van der Waals surface area contributed by atoms with E-state index >= 15 is 0 Å². The lowest BCUT2D eigenvalue weighted by molar-refractivity contribution is 0.386. The molecule has 0 amide bonds. The minimum absolute atomic E-state index is 0.358. The predicted molar refractivity (Wildman–Crippen MR) is 118 cm³/mol. The zero-order valence-corrected chi connectivity index (χ0v) is 18.9. The lowest BCUT2D eigenvalue weighted by Gasteiger charge is -2.35. The number of aryl methyl sites for hydroxylation is 1. The number of thiazole rings is 1. The molecule has 1 aromatic carbocycles. The van der Waals surface area contributed by atoms with E-state index in [0.29, 0.717) is 40.4 Å². The van der Waals surface area contributed by atoms with Crippen molar-refractivity contribution in [1.29, 1.82) is 0 Å². The number of hydrogen-bond donors (Lipinski definition) is 0. The van der Waals surface area contributed by atoms with Gasteiger partial charge in [0.05, 0.1) is 25.6 Å². The number of nitrogens with zero attached hydrogens (tertiary/aromatic N) is 3. The summed E-state index contributed by atoms with van der Waals surface area (Å²) in [6, 6.07) is 8.98. The van der Waals surface area contributed by atoms with Crippen molar-refractivity contribution in [2.45, 2.75) is 11.1 Å². The molecule has 0 spiro atoms. The minimum atomic E-state index is -3.51. The van der Waals surface area contributed by atoms with Gasteiger partial charge in [0.1, 0.15) is 4.21 Å². The van der Waals surface area contributed by atoms with Crippen LogP contribution in [0.15, 0.2) is 39.9 Å². The third-order valence-electron chi connectivity index (χ3n) is 4.55. The SMILES string of the molecule is Cc1nc(-c2ccc(S(=O)(=O)N3CCN(c4ccc(Cl)c(Cl)c4)CC3)s2)cs1. The van der Waals surface area contributed by atoms with Crippen molar-refractivity contribution >= 4 is 61.6 Å². The van der Waals surface area contributed by atoms with Gasteiger partial charge in [-0.05, 0) is 37.3 Å². The maximum atomic E-state index is 13.0.